The van der Waals surface area contributed by atoms with Crippen LogP contribution in [0.25, 0.3) is 0 Å². The van der Waals surface area contributed by atoms with E-state index >= 15 is 0 Å². The summed E-state index contributed by atoms with van der Waals surface area (Å²) in [5.74, 6) is 1.21. The maximum atomic E-state index is 12.6. The molecule has 0 saturated heterocycles. The number of ether oxygens (including phenoxy) is 2. The second kappa shape index (κ2) is 5.48. The molecule has 0 amide bonds. The molecule has 0 aliphatic heterocycles. The van der Waals surface area contributed by atoms with Gasteiger partial charge in [-0.2, -0.15) is 0 Å². The first kappa shape index (κ1) is 14.9. The van der Waals surface area contributed by atoms with Gasteiger partial charge in [-0.3, -0.25) is 9.59 Å². The third-order valence-corrected chi connectivity index (χ3v) is 5.17. The van der Waals surface area contributed by atoms with E-state index in [1.807, 2.05) is 12.1 Å². The number of hydrogen-bond acceptors (Lipinski definition) is 4. The highest BCUT2D eigenvalue weighted by Crippen LogP contribution is 2.51. The van der Waals surface area contributed by atoms with Crippen molar-refractivity contribution in [2.24, 2.45) is 0 Å². The van der Waals surface area contributed by atoms with Crippen molar-refractivity contribution in [3.63, 3.8) is 0 Å². The monoisotopic (exact) mass is 322 g/mol. The Labute approximate surface area is 140 Å². The predicted octanol–water partition coefficient (Wildman–Crippen LogP) is 3.07. The van der Waals surface area contributed by atoms with Gasteiger partial charge >= 0.3 is 0 Å². The van der Waals surface area contributed by atoms with Crippen LogP contribution in [0.3, 0.4) is 0 Å². The van der Waals surface area contributed by atoms with Crippen molar-refractivity contribution in [2.45, 2.75) is 25.2 Å². The summed E-state index contributed by atoms with van der Waals surface area (Å²) in [7, 11) is 3.28. The zero-order valence-corrected chi connectivity index (χ0v) is 13.7. The van der Waals surface area contributed by atoms with Crippen LogP contribution in [0.4, 0.5) is 0 Å². The smallest absolute Gasteiger partial charge is 0.183 e. The summed E-state index contributed by atoms with van der Waals surface area (Å²) < 4.78 is 11.1. The van der Waals surface area contributed by atoms with Crippen LogP contribution in [0, 0.1) is 0 Å². The minimum Gasteiger partial charge on any atom is -0.496 e. The molecular formula is C20H18O4. The molecule has 122 valence electrons. The number of allylic oxidation sites excluding steroid dienone is 6. The van der Waals surface area contributed by atoms with E-state index in [0.29, 0.717) is 17.6 Å². The van der Waals surface area contributed by atoms with Crippen LogP contribution >= 0.6 is 0 Å². The summed E-state index contributed by atoms with van der Waals surface area (Å²) >= 11 is 0. The van der Waals surface area contributed by atoms with Gasteiger partial charge in [0, 0.05) is 28.2 Å². The molecule has 0 heterocycles. The SMILES string of the molecule is COc1ccc(OC)c2c1CCC1=CCC3=C(C(=O)C=CC3=O)[C@H]12. The largest absolute Gasteiger partial charge is 0.496 e. The fraction of sp³-hybridized carbons (Fsp3) is 0.300. The summed E-state index contributed by atoms with van der Waals surface area (Å²) in [4.78, 5) is 24.9. The number of rotatable bonds is 2. The number of hydrogen-bond donors (Lipinski definition) is 0. The lowest BCUT2D eigenvalue weighted by atomic mass is 9.68. The van der Waals surface area contributed by atoms with Crippen LogP contribution < -0.4 is 9.47 Å². The summed E-state index contributed by atoms with van der Waals surface area (Å²) in [5, 5.41) is 0. The molecular weight excluding hydrogens is 304 g/mol. The molecule has 24 heavy (non-hydrogen) atoms. The molecule has 4 nitrogen and oxygen atoms in total. The van der Waals surface area contributed by atoms with Crippen LogP contribution in [-0.4, -0.2) is 25.8 Å². The molecule has 0 N–H and O–H groups in total. The van der Waals surface area contributed by atoms with E-state index in [4.69, 9.17) is 9.47 Å². The predicted molar refractivity (Wildman–Crippen MR) is 89.5 cm³/mol. The van der Waals surface area contributed by atoms with Crippen LogP contribution in [0.15, 0.2) is 47.1 Å². The van der Waals surface area contributed by atoms with Gasteiger partial charge in [0.2, 0.25) is 0 Å². The van der Waals surface area contributed by atoms with Gasteiger partial charge in [-0.15, -0.1) is 0 Å². The molecule has 1 aromatic rings. The number of ketones is 2. The molecule has 3 aliphatic rings. The van der Waals surface area contributed by atoms with Crippen molar-refractivity contribution < 1.29 is 19.1 Å². The van der Waals surface area contributed by atoms with Gasteiger partial charge in [-0.25, -0.2) is 0 Å². The van der Waals surface area contributed by atoms with Crippen molar-refractivity contribution in [3.05, 3.63) is 58.2 Å². The van der Waals surface area contributed by atoms with Gasteiger partial charge in [0.15, 0.2) is 11.6 Å². The van der Waals surface area contributed by atoms with E-state index in [1.54, 1.807) is 14.2 Å². The van der Waals surface area contributed by atoms with Gasteiger partial charge in [-0.05, 0) is 43.5 Å². The van der Waals surface area contributed by atoms with E-state index in [-0.39, 0.29) is 17.5 Å². The molecule has 0 saturated carbocycles. The lowest BCUT2D eigenvalue weighted by Gasteiger charge is -2.36. The Morgan fingerprint density at radius 3 is 2.42 bits per heavy atom. The third kappa shape index (κ3) is 1.99. The highest BCUT2D eigenvalue weighted by atomic mass is 16.5. The molecule has 0 radical (unpaired) electrons. The quantitative estimate of drug-likeness (QED) is 0.620. The Balaban J connectivity index is 1.98. The number of carbonyl (C=O) groups is 2. The van der Waals surface area contributed by atoms with Crippen LogP contribution in [0.1, 0.15) is 29.9 Å². The zero-order valence-electron chi connectivity index (χ0n) is 13.7. The van der Waals surface area contributed by atoms with E-state index in [1.165, 1.54) is 17.7 Å². The van der Waals surface area contributed by atoms with Crippen LogP contribution in [0.2, 0.25) is 0 Å². The lowest BCUT2D eigenvalue weighted by molar-refractivity contribution is -0.115. The number of benzene rings is 1. The number of methoxy groups -OCH3 is 2. The Morgan fingerprint density at radius 2 is 1.67 bits per heavy atom. The molecule has 1 atom stereocenters. The van der Waals surface area contributed by atoms with Crippen molar-refractivity contribution in [1.29, 1.82) is 0 Å². The summed E-state index contributed by atoms with van der Waals surface area (Å²) in [6, 6.07) is 3.78. The van der Waals surface area contributed by atoms with Gasteiger partial charge in [0.25, 0.3) is 0 Å². The number of fused-ring (bicyclic) bond motifs is 4. The average Bonchev–Trinajstić information content (AvgIpc) is 2.62. The van der Waals surface area contributed by atoms with Crippen LogP contribution in [-0.2, 0) is 16.0 Å². The Kier molecular flexibility index (Phi) is 3.41. The second-order valence-electron chi connectivity index (χ2n) is 6.23. The fourth-order valence-corrected chi connectivity index (χ4v) is 4.10. The van der Waals surface area contributed by atoms with Crippen molar-refractivity contribution in [1.82, 2.24) is 0 Å². The minimum absolute atomic E-state index is 0.0612. The third-order valence-electron chi connectivity index (χ3n) is 5.17. The van der Waals surface area contributed by atoms with Crippen LogP contribution in [0.5, 0.6) is 11.5 Å². The normalized spacial score (nSPS) is 21.8. The zero-order chi connectivity index (χ0) is 16.8. The maximum absolute atomic E-state index is 12.6. The van der Waals surface area contributed by atoms with Gasteiger partial charge < -0.3 is 9.47 Å². The molecule has 0 unspecified atom stereocenters. The minimum atomic E-state index is -0.205. The highest BCUT2D eigenvalue weighted by Gasteiger charge is 2.39. The maximum Gasteiger partial charge on any atom is 0.183 e. The van der Waals surface area contributed by atoms with E-state index < -0.39 is 0 Å². The Morgan fingerprint density at radius 1 is 0.958 bits per heavy atom. The van der Waals surface area contributed by atoms with E-state index in [2.05, 4.69) is 6.08 Å². The molecule has 4 rings (SSSR count). The van der Waals surface area contributed by atoms with Gasteiger partial charge in [-0.1, -0.05) is 11.6 Å². The molecule has 0 bridgehead atoms. The first-order valence-electron chi connectivity index (χ1n) is 8.08. The van der Waals surface area contributed by atoms with Crippen molar-refractivity contribution >= 4 is 11.6 Å². The molecule has 0 fully saturated rings. The van der Waals surface area contributed by atoms with Gasteiger partial charge in [0.05, 0.1) is 14.2 Å². The standard InChI is InChI=1S/C20H18O4/c1-23-16-9-10-17(24-2)20-13(16)6-4-11-3-5-12-14(21)7-8-15(22)19(12)18(11)20/h3,7-10,18H,4-6H2,1-2H3/t18-/m0/s1. The summed E-state index contributed by atoms with van der Waals surface area (Å²) in [5.41, 5.74) is 4.48. The molecule has 0 aromatic heterocycles. The fourth-order valence-electron chi connectivity index (χ4n) is 4.10. The van der Waals surface area contributed by atoms with E-state index in [9.17, 15) is 9.59 Å². The topological polar surface area (TPSA) is 52.6 Å². The first-order chi connectivity index (χ1) is 11.7. The Bertz CT molecular complexity index is 855. The van der Waals surface area contributed by atoms with E-state index in [0.717, 1.165) is 35.5 Å². The number of carbonyl (C=O) groups excluding carboxylic acids is 2. The van der Waals surface area contributed by atoms with Crippen molar-refractivity contribution in [2.75, 3.05) is 14.2 Å². The van der Waals surface area contributed by atoms with Crippen molar-refractivity contribution in [3.8, 4) is 11.5 Å². The molecule has 3 aliphatic carbocycles. The molecule has 1 aromatic carbocycles. The summed E-state index contributed by atoms with van der Waals surface area (Å²) in [6.07, 6.45) is 7.13. The molecule has 0 spiro atoms. The Hall–Kier alpha value is -2.62. The highest BCUT2D eigenvalue weighted by molar-refractivity contribution is 6.21. The average molecular weight is 322 g/mol. The second-order valence-corrected chi connectivity index (χ2v) is 6.23. The van der Waals surface area contributed by atoms with Gasteiger partial charge in [0.1, 0.15) is 11.5 Å². The lowest BCUT2D eigenvalue weighted by Crippen LogP contribution is -2.27. The molecule has 4 heteroatoms. The summed E-state index contributed by atoms with van der Waals surface area (Å²) in [6.45, 7) is 0. The first-order valence-corrected chi connectivity index (χ1v) is 8.08.